The van der Waals surface area contributed by atoms with Gasteiger partial charge in [-0.15, -0.1) is 0 Å². The second-order valence-electron chi connectivity index (χ2n) is 6.48. The lowest BCUT2D eigenvalue weighted by molar-refractivity contribution is -0.128. The number of anilines is 1. The van der Waals surface area contributed by atoms with Gasteiger partial charge in [-0.1, -0.05) is 6.92 Å². The molecule has 6 nitrogen and oxygen atoms in total. The average Bonchev–Trinajstić information content (AvgIpc) is 3.17. The van der Waals surface area contributed by atoms with Crippen LogP contribution in [0, 0.1) is 11.7 Å². The van der Waals surface area contributed by atoms with Gasteiger partial charge in [0.05, 0.1) is 12.1 Å². The number of halogens is 1. The Bertz CT molecular complexity index is 607. The third-order valence-corrected chi connectivity index (χ3v) is 4.90. The molecule has 2 atom stereocenters. The van der Waals surface area contributed by atoms with Crippen LogP contribution in [0.4, 0.5) is 10.2 Å². The zero-order valence-corrected chi connectivity index (χ0v) is 13.9. The summed E-state index contributed by atoms with van der Waals surface area (Å²) >= 11 is 0. The molecule has 24 heavy (non-hydrogen) atoms. The molecule has 1 N–H and O–H groups in total. The Labute approximate surface area is 141 Å². The lowest BCUT2D eigenvalue weighted by Gasteiger charge is -2.27. The van der Waals surface area contributed by atoms with E-state index in [1.54, 1.807) is 4.90 Å². The molecular formula is C17H23FN4O2. The standard InChI is InChI=1S/C17H23FN4O2/c1-2-21-7-3-4-14(21)11-22-10-12(8-16(22)23)17(24)20-15-6-5-13(18)9-19-15/h5-6,9,12,14H,2-4,7-8,10-11H2,1H3,(H,19,20,24)/t12-,14+/m0/s1. The number of likely N-dealkylation sites (N-methyl/N-ethyl adjacent to an activating group) is 1. The van der Waals surface area contributed by atoms with Crippen molar-refractivity contribution in [2.75, 3.05) is 31.5 Å². The Morgan fingerprint density at radius 2 is 2.29 bits per heavy atom. The first-order chi connectivity index (χ1) is 11.6. The molecule has 1 aromatic rings. The summed E-state index contributed by atoms with van der Waals surface area (Å²) in [6.45, 7) is 5.36. The van der Waals surface area contributed by atoms with Crippen LogP contribution in [0.1, 0.15) is 26.2 Å². The molecule has 2 fully saturated rings. The minimum absolute atomic E-state index is 0.0326. The molecule has 2 aliphatic rings. The highest BCUT2D eigenvalue weighted by Gasteiger charge is 2.36. The van der Waals surface area contributed by atoms with Crippen LogP contribution in [0.5, 0.6) is 0 Å². The number of amides is 2. The van der Waals surface area contributed by atoms with Crippen LogP contribution in [0.15, 0.2) is 18.3 Å². The molecule has 1 aromatic heterocycles. The molecule has 7 heteroatoms. The quantitative estimate of drug-likeness (QED) is 0.886. The molecule has 3 rings (SSSR count). The maximum Gasteiger partial charge on any atom is 0.230 e. The van der Waals surface area contributed by atoms with Gasteiger partial charge in [-0.25, -0.2) is 9.37 Å². The van der Waals surface area contributed by atoms with Gasteiger partial charge in [0.2, 0.25) is 11.8 Å². The molecule has 0 bridgehead atoms. The molecule has 0 unspecified atom stereocenters. The normalized spacial score (nSPS) is 24.6. The number of aromatic nitrogens is 1. The van der Waals surface area contributed by atoms with Gasteiger partial charge < -0.3 is 10.2 Å². The molecule has 2 amide bonds. The van der Waals surface area contributed by atoms with E-state index in [4.69, 9.17) is 0 Å². The number of carbonyl (C=O) groups is 2. The number of hydrogen-bond donors (Lipinski definition) is 1. The smallest absolute Gasteiger partial charge is 0.230 e. The van der Waals surface area contributed by atoms with Crippen LogP contribution in [-0.2, 0) is 9.59 Å². The van der Waals surface area contributed by atoms with E-state index in [0.717, 1.165) is 25.7 Å². The number of rotatable bonds is 5. The van der Waals surface area contributed by atoms with E-state index in [1.807, 2.05) is 0 Å². The van der Waals surface area contributed by atoms with Gasteiger partial charge in [0.1, 0.15) is 11.6 Å². The maximum absolute atomic E-state index is 12.9. The molecule has 0 spiro atoms. The van der Waals surface area contributed by atoms with Crippen molar-refractivity contribution in [1.82, 2.24) is 14.8 Å². The van der Waals surface area contributed by atoms with Gasteiger partial charge >= 0.3 is 0 Å². The van der Waals surface area contributed by atoms with Gasteiger partial charge in [-0.2, -0.15) is 0 Å². The number of likely N-dealkylation sites (tertiary alicyclic amines) is 2. The Kier molecular flexibility index (Phi) is 5.08. The molecule has 130 valence electrons. The van der Waals surface area contributed by atoms with E-state index in [9.17, 15) is 14.0 Å². The van der Waals surface area contributed by atoms with E-state index >= 15 is 0 Å². The second-order valence-corrected chi connectivity index (χ2v) is 6.48. The van der Waals surface area contributed by atoms with Crippen molar-refractivity contribution in [3.63, 3.8) is 0 Å². The van der Waals surface area contributed by atoms with Crippen molar-refractivity contribution in [3.05, 3.63) is 24.1 Å². The molecule has 2 aliphatic heterocycles. The van der Waals surface area contributed by atoms with Crippen molar-refractivity contribution in [2.24, 2.45) is 5.92 Å². The first-order valence-electron chi connectivity index (χ1n) is 8.51. The molecular weight excluding hydrogens is 311 g/mol. The molecule has 3 heterocycles. The van der Waals surface area contributed by atoms with Gasteiger partial charge in [-0.05, 0) is 38.1 Å². The van der Waals surface area contributed by atoms with Crippen LogP contribution in [0.3, 0.4) is 0 Å². The fourth-order valence-corrected chi connectivity index (χ4v) is 3.57. The zero-order valence-electron chi connectivity index (χ0n) is 13.9. The number of nitrogens with one attached hydrogen (secondary N) is 1. The number of nitrogens with zero attached hydrogens (tertiary/aromatic N) is 3. The van der Waals surface area contributed by atoms with Crippen LogP contribution >= 0.6 is 0 Å². The van der Waals surface area contributed by atoms with Crippen molar-refractivity contribution in [2.45, 2.75) is 32.2 Å². The highest BCUT2D eigenvalue weighted by molar-refractivity contribution is 5.96. The fourth-order valence-electron chi connectivity index (χ4n) is 3.57. The summed E-state index contributed by atoms with van der Waals surface area (Å²) in [5, 5.41) is 2.66. The fraction of sp³-hybridized carbons (Fsp3) is 0.588. The Morgan fingerprint density at radius 1 is 1.46 bits per heavy atom. The van der Waals surface area contributed by atoms with Crippen molar-refractivity contribution >= 4 is 17.6 Å². The topological polar surface area (TPSA) is 65.5 Å². The lowest BCUT2D eigenvalue weighted by Crippen LogP contribution is -2.41. The molecule has 0 aromatic carbocycles. The highest BCUT2D eigenvalue weighted by Crippen LogP contribution is 2.24. The van der Waals surface area contributed by atoms with E-state index in [-0.39, 0.29) is 24.2 Å². The lowest BCUT2D eigenvalue weighted by atomic mass is 10.1. The molecule has 0 aliphatic carbocycles. The summed E-state index contributed by atoms with van der Waals surface area (Å²) in [7, 11) is 0. The van der Waals surface area contributed by atoms with Gasteiger partial charge in [0, 0.05) is 25.6 Å². The Balaban J connectivity index is 1.55. The van der Waals surface area contributed by atoms with E-state index in [0.29, 0.717) is 24.9 Å². The van der Waals surface area contributed by atoms with E-state index in [2.05, 4.69) is 22.1 Å². The van der Waals surface area contributed by atoms with E-state index in [1.165, 1.54) is 18.6 Å². The van der Waals surface area contributed by atoms with Gasteiger partial charge in [0.25, 0.3) is 0 Å². The van der Waals surface area contributed by atoms with Crippen LogP contribution in [0.25, 0.3) is 0 Å². The van der Waals surface area contributed by atoms with Gasteiger partial charge in [0.15, 0.2) is 0 Å². The van der Waals surface area contributed by atoms with Crippen molar-refractivity contribution in [3.8, 4) is 0 Å². The number of pyridine rings is 1. The summed E-state index contributed by atoms with van der Waals surface area (Å²) in [5.41, 5.74) is 0. The van der Waals surface area contributed by atoms with Crippen molar-refractivity contribution in [1.29, 1.82) is 0 Å². The summed E-state index contributed by atoms with van der Waals surface area (Å²) < 4.78 is 12.9. The third-order valence-electron chi connectivity index (χ3n) is 4.90. The van der Waals surface area contributed by atoms with Gasteiger partial charge in [-0.3, -0.25) is 14.5 Å². The Morgan fingerprint density at radius 3 is 3.00 bits per heavy atom. The minimum Gasteiger partial charge on any atom is -0.340 e. The SMILES string of the molecule is CCN1CCC[C@@H]1CN1C[C@@H](C(=O)Nc2ccc(F)cn2)CC1=O. The minimum atomic E-state index is -0.452. The summed E-state index contributed by atoms with van der Waals surface area (Å²) in [4.78, 5) is 32.6. The Hall–Kier alpha value is -2.02. The second kappa shape index (κ2) is 7.25. The average molecular weight is 334 g/mol. The maximum atomic E-state index is 12.9. The molecule has 2 saturated heterocycles. The summed E-state index contributed by atoms with van der Waals surface area (Å²) in [5.74, 6) is -0.720. The largest absolute Gasteiger partial charge is 0.340 e. The highest BCUT2D eigenvalue weighted by atomic mass is 19.1. The monoisotopic (exact) mass is 334 g/mol. The third kappa shape index (κ3) is 3.72. The first-order valence-corrected chi connectivity index (χ1v) is 8.51. The molecule has 0 radical (unpaired) electrons. The zero-order chi connectivity index (χ0) is 17.1. The van der Waals surface area contributed by atoms with Crippen LogP contribution < -0.4 is 5.32 Å². The van der Waals surface area contributed by atoms with Crippen LogP contribution in [-0.4, -0.2) is 58.8 Å². The predicted octanol–water partition coefficient (Wildman–Crippen LogP) is 1.49. The number of carbonyl (C=O) groups excluding carboxylic acids is 2. The first kappa shape index (κ1) is 16.8. The molecule has 0 saturated carbocycles. The van der Waals surface area contributed by atoms with Crippen LogP contribution in [0.2, 0.25) is 0 Å². The van der Waals surface area contributed by atoms with Crippen molar-refractivity contribution < 1.29 is 14.0 Å². The summed E-state index contributed by atoms with van der Waals surface area (Å²) in [6.07, 6.45) is 3.56. The van der Waals surface area contributed by atoms with E-state index < -0.39 is 5.82 Å². The number of hydrogen-bond acceptors (Lipinski definition) is 4. The predicted molar refractivity (Wildman–Crippen MR) is 87.8 cm³/mol. The summed E-state index contributed by atoms with van der Waals surface area (Å²) in [6, 6.07) is 3.06.